The van der Waals surface area contributed by atoms with Gasteiger partial charge in [0.1, 0.15) is 6.61 Å². The van der Waals surface area contributed by atoms with Crippen LogP contribution in [0.15, 0.2) is 71.8 Å². The van der Waals surface area contributed by atoms with Gasteiger partial charge in [-0.05, 0) is 51.5 Å². The number of rotatable bonds is 6. The molecule has 1 fully saturated rings. The zero-order chi connectivity index (χ0) is 25.1. The quantitative estimate of drug-likeness (QED) is 0.289. The third-order valence-electron chi connectivity index (χ3n) is 6.72. The minimum Gasteiger partial charge on any atom is -0.481 e. The second kappa shape index (κ2) is 10.0. The third-order valence-corrected chi connectivity index (χ3v) is 6.72. The van der Waals surface area contributed by atoms with E-state index in [2.05, 4.69) is 39.2 Å². The number of fused-ring (bicyclic) bond motifs is 3. The highest BCUT2D eigenvalue weighted by Crippen LogP contribution is 2.44. The predicted molar refractivity (Wildman–Crippen MR) is 135 cm³/mol. The summed E-state index contributed by atoms with van der Waals surface area (Å²) < 4.78 is 5.78. The van der Waals surface area contributed by atoms with E-state index in [0.717, 1.165) is 5.69 Å². The van der Waals surface area contributed by atoms with Crippen LogP contribution in [0.25, 0.3) is 21.6 Å². The number of ether oxygens (including phenoxy) is 1. The van der Waals surface area contributed by atoms with Crippen LogP contribution in [-0.4, -0.2) is 54.9 Å². The molecule has 3 aromatic carbocycles. The van der Waals surface area contributed by atoms with Crippen molar-refractivity contribution < 1.29 is 19.4 Å². The van der Waals surface area contributed by atoms with Crippen molar-refractivity contribution in [2.24, 2.45) is 5.11 Å². The van der Waals surface area contributed by atoms with E-state index in [1.54, 1.807) is 23.1 Å². The van der Waals surface area contributed by atoms with Gasteiger partial charge < -0.3 is 19.6 Å². The molecule has 0 atom stereocenters. The fourth-order valence-electron chi connectivity index (χ4n) is 5.06. The van der Waals surface area contributed by atoms with Gasteiger partial charge in [-0.25, -0.2) is 4.79 Å². The van der Waals surface area contributed by atoms with Crippen molar-refractivity contribution in [3.63, 3.8) is 0 Å². The number of hydrogen-bond acceptors (Lipinski definition) is 5. The maximum atomic E-state index is 12.9. The molecule has 1 amide bonds. The van der Waals surface area contributed by atoms with Crippen molar-refractivity contribution >= 4 is 23.4 Å². The molecule has 3 aromatic rings. The molecule has 9 nitrogen and oxygen atoms in total. The Kier molecular flexibility index (Phi) is 6.47. The van der Waals surface area contributed by atoms with Crippen LogP contribution in [0.1, 0.15) is 22.6 Å². The number of carbonyl (C=O) groups is 2. The molecule has 1 aliphatic heterocycles. The maximum Gasteiger partial charge on any atom is 0.409 e. The van der Waals surface area contributed by atoms with Crippen molar-refractivity contribution in [2.75, 3.05) is 37.7 Å². The fraction of sp³-hybridized carbons (Fsp3) is 0.259. The van der Waals surface area contributed by atoms with Crippen molar-refractivity contribution in [2.45, 2.75) is 12.3 Å². The first-order chi connectivity index (χ1) is 17.5. The van der Waals surface area contributed by atoms with E-state index >= 15 is 0 Å². The summed E-state index contributed by atoms with van der Waals surface area (Å²) in [6.45, 7) is 2.32. The molecule has 0 spiro atoms. The topological polar surface area (TPSA) is 119 Å². The van der Waals surface area contributed by atoms with Gasteiger partial charge >= 0.3 is 12.1 Å². The van der Waals surface area contributed by atoms with Crippen LogP contribution in [-0.2, 0) is 16.0 Å². The maximum absolute atomic E-state index is 12.9. The van der Waals surface area contributed by atoms with Crippen molar-refractivity contribution in [3.8, 4) is 11.1 Å². The van der Waals surface area contributed by atoms with Gasteiger partial charge in [-0.15, -0.1) is 0 Å². The molecule has 36 heavy (non-hydrogen) atoms. The Balaban J connectivity index is 1.22. The van der Waals surface area contributed by atoms with Crippen molar-refractivity contribution in [1.29, 1.82) is 0 Å². The summed E-state index contributed by atoms with van der Waals surface area (Å²) in [5.41, 5.74) is 15.2. The number of carboxylic acids is 1. The van der Waals surface area contributed by atoms with Crippen LogP contribution in [0.4, 0.5) is 16.2 Å². The lowest BCUT2D eigenvalue weighted by Gasteiger charge is -2.36. The number of carboxylic acid groups (broad SMARTS) is 1. The molecule has 9 heteroatoms. The van der Waals surface area contributed by atoms with Crippen molar-refractivity contribution in [1.82, 2.24) is 4.90 Å². The average Bonchev–Trinajstić information content (AvgIpc) is 3.21. The van der Waals surface area contributed by atoms with E-state index in [1.165, 1.54) is 22.3 Å². The lowest BCUT2D eigenvalue weighted by atomic mass is 9.98. The van der Waals surface area contributed by atoms with Crippen LogP contribution in [0, 0.1) is 0 Å². The normalized spacial score (nSPS) is 14.6. The zero-order valence-electron chi connectivity index (χ0n) is 19.6. The largest absolute Gasteiger partial charge is 0.481 e. The molecule has 0 saturated carbocycles. The molecule has 1 heterocycles. The summed E-state index contributed by atoms with van der Waals surface area (Å²) in [6.07, 6.45) is -0.507. The lowest BCUT2D eigenvalue weighted by Crippen LogP contribution is -2.49. The molecule has 1 aliphatic carbocycles. The molecule has 1 saturated heterocycles. The summed E-state index contributed by atoms with van der Waals surface area (Å²) in [4.78, 5) is 30.6. The molecular weight excluding hydrogens is 458 g/mol. The Morgan fingerprint density at radius 2 is 1.61 bits per heavy atom. The summed E-state index contributed by atoms with van der Waals surface area (Å²) in [5, 5.41) is 12.8. The van der Waals surface area contributed by atoms with Crippen LogP contribution >= 0.6 is 0 Å². The standard InChI is InChI=1S/C27H25N5O4/c28-30-29-19-13-18(15-26(33)34)14-20(16-19)31-9-11-32(12-10-31)27(35)36-17-25-23-7-3-1-5-21(23)22-6-2-4-8-24(22)25/h1-8,13-14,16,25H,9-12,15,17H2,(H,33,34). The van der Waals surface area contributed by atoms with E-state index in [9.17, 15) is 9.59 Å². The Hall–Kier alpha value is -4.49. The van der Waals surface area contributed by atoms with E-state index in [-0.39, 0.29) is 25.0 Å². The monoisotopic (exact) mass is 483 g/mol. The summed E-state index contributed by atoms with van der Waals surface area (Å²) in [6, 6.07) is 21.6. The van der Waals surface area contributed by atoms with Gasteiger partial charge in [0.25, 0.3) is 0 Å². The first kappa shape index (κ1) is 23.3. The van der Waals surface area contributed by atoms with Crippen LogP contribution < -0.4 is 4.90 Å². The summed E-state index contributed by atoms with van der Waals surface area (Å²) in [5.74, 6) is -0.946. The lowest BCUT2D eigenvalue weighted by molar-refractivity contribution is -0.136. The Morgan fingerprint density at radius 3 is 2.22 bits per heavy atom. The Labute approximate surface area is 208 Å². The number of anilines is 1. The smallest absolute Gasteiger partial charge is 0.409 e. The molecule has 182 valence electrons. The second-order valence-corrected chi connectivity index (χ2v) is 8.90. The van der Waals surface area contributed by atoms with Crippen LogP contribution in [0.2, 0.25) is 0 Å². The molecule has 0 unspecified atom stereocenters. The van der Waals surface area contributed by atoms with Crippen molar-refractivity contribution in [3.05, 3.63) is 93.9 Å². The minimum atomic E-state index is -0.959. The first-order valence-electron chi connectivity index (χ1n) is 11.8. The van der Waals surface area contributed by atoms with E-state index in [4.69, 9.17) is 15.4 Å². The molecular formula is C27H25N5O4. The molecule has 0 aromatic heterocycles. The molecule has 5 rings (SSSR count). The number of benzene rings is 3. The molecule has 0 radical (unpaired) electrons. The SMILES string of the molecule is [N-]=[N+]=Nc1cc(CC(=O)O)cc(N2CCN(C(=O)OCC3c4ccccc4-c4ccccc43)CC2)c1. The summed E-state index contributed by atoms with van der Waals surface area (Å²) >= 11 is 0. The number of nitrogens with zero attached hydrogens (tertiary/aromatic N) is 5. The van der Waals surface area contributed by atoms with E-state index in [1.807, 2.05) is 24.3 Å². The molecule has 1 N–H and O–H groups in total. The predicted octanol–water partition coefficient (Wildman–Crippen LogP) is 5.33. The number of azide groups is 1. The Morgan fingerprint density at radius 1 is 0.972 bits per heavy atom. The Bertz CT molecular complexity index is 1310. The first-order valence-corrected chi connectivity index (χ1v) is 11.8. The number of hydrogen-bond donors (Lipinski definition) is 1. The number of aliphatic carboxylic acids is 1. The van der Waals surface area contributed by atoms with Gasteiger partial charge in [0.05, 0.1) is 6.42 Å². The highest BCUT2D eigenvalue weighted by molar-refractivity contribution is 5.79. The average molecular weight is 484 g/mol. The van der Waals surface area contributed by atoms with Gasteiger partial charge in [0, 0.05) is 48.4 Å². The zero-order valence-corrected chi connectivity index (χ0v) is 19.6. The second-order valence-electron chi connectivity index (χ2n) is 8.90. The number of piperazine rings is 1. The fourth-order valence-corrected chi connectivity index (χ4v) is 5.06. The highest BCUT2D eigenvalue weighted by Gasteiger charge is 2.30. The molecule has 2 aliphatic rings. The third kappa shape index (κ3) is 4.69. The highest BCUT2D eigenvalue weighted by atomic mass is 16.6. The van der Waals surface area contributed by atoms with E-state index in [0.29, 0.717) is 37.4 Å². The van der Waals surface area contributed by atoms with E-state index < -0.39 is 5.97 Å². The van der Waals surface area contributed by atoms with Gasteiger partial charge in [-0.3, -0.25) is 4.79 Å². The van der Waals surface area contributed by atoms with Crippen LogP contribution in [0.5, 0.6) is 0 Å². The van der Waals surface area contributed by atoms with Gasteiger partial charge in [-0.1, -0.05) is 53.6 Å². The number of carbonyl (C=O) groups excluding carboxylic acids is 1. The van der Waals surface area contributed by atoms with Gasteiger partial charge in [0.15, 0.2) is 0 Å². The molecule has 0 bridgehead atoms. The van der Waals surface area contributed by atoms with Gasteiger partial charge in [-0.2, -0.15) is 0 Å². The summed E-state index contributed by atoms with van der Waals surface area (Å²) in [7, 11) is 0. The minimum absolute atomic E-state index is 0.0127. The number of amides is 1. The van der Waals surface area contributed by atoms with Gasteiger partial charge in [0.2, 0.25) is 0 Å². The van der Waals surface area contributed by atoms with Crippen LogP contribution in [0.3, 0.4) is 0 Å².